The van der Waals surface area contributed by atoms with Crippen molar-refractivity contribution in [3.8, 4) is 0 Å². The first-order chi connectivity index (χ1) is 12.0. The van der Waals surface area contributed by atoms with E-state index >= 15 is 0 Å². The molecule has 132 valence electrons. The average molecular weight is 357 g/mol. The van der Waals surface area contributed by atoms with E-state index in [0.29, 0.717) is 12.2 Å². The molecule has 0 fully saturated rings. The van der Waals surface area contributed by atoms with Gasteiger partial charge in [-0.05, 0) is 46.1 Å². The molecule has 0 saturated carbocycles. The molecule has 6 nitrogen and oxygen atoms in total. The van der Waals surface area contributed by atoms with Crippen molar-refractivity contribution >= 4 is 32.6 Å². The van der Waals surface area contributed by atoms with E-state index in [1.165, 1.54) is 0 Å². The van der Waals surface area contributed by atoms with Crippen LogP contribution >= 0.6 is 11.3 Å². The molecule has 2 heterocycles. The number of thiazole rings is 1. The number of aromatic nitrogens is 3. The van der Waals surface area contributed by atoms with Crippen LogP contribution in [0, 0.1) is 6.92 Å². The third-order valence-electron chi connectivity index (χ3n) is 3.96. The van der Waals surface area contributed by atoms with E-state index in [1.54, 1.807) is 20.9 Å². The molecular weight excluding hydrogens is 334 g/mol. The molecule has 0 radical (unpaired) electrons. The Bertz CT molecular complexity index is 850. The Morgan fingerprint density at radius 1 is 1.24 bits per heavy atom. The molecule has 3 aromatic rings. The van der Waals surface area contributed by atoms with Gasteiger partial charge in [-0.15, -0.1) is 0 Å². The van der Waals surface area contributed by atoms with E-state index in [2.05, 4.69) is 15.0 Å². The van der Waals surface area contributed by atoms with Gasteiger partial charge in [-0.25, -0.2) is 4.98 Å². The van der Waals surface area contributed by atoms with Gasteiger partial charge >= 0.3 is 0 Å². The van der Waals surface area contributed by atoms with Crippen LogP contribution < -0.4 is 4.90 Å². The summed E-state index contributed by atoms with van der Waals surface area (Å²) in [7, 11) is 5.90. The zero-order valence-electron chi connectivity index (χ0n) is 15.1. The minimum absolute atomic E-state index is 0.0871. The van der Waals surface area contributed by atoms with E-state index in [4.69, 9.17) is 0 Å². The quantitative estimate of drug-likeness (QED) is 0.681. The van der Waals surface area contributed by atoms with Crippen LogP contribution in [0.2, 0.25) is 0 Å². The van der Waals surface area contributed by atoms with Crippen molar-refractivity contribution in [2.45, 2.75) is 13.3 Å². The highest BCUT2D eigenvalue weighted by Gasteiger charge is 2.24. The minimum atomic E-state index is -0.0871. The summed E-state index contributed by atoms with van der Waals surface area (Å²) in [5.41, 5.74) is 2.29. The summed E-state index contributed by atoms with van der Waals surface area (Å²) in [6.07, 6.45) is 2.74. The Morgan fingerprint density at radius 2 is 2.00 bits per heavy atom. The van der Waals surface area contributed by atoms with Gasteiger partial charge in [0.05, 0.1) is 10.2 Å². The topological polar surface area (TPSA) is 54.3 Å². The van der Waals surface area contributed by atoms with Crippen LogP contribution in [-0.2, 0) is 7.05 Å². The van der Waals surface area contributed by atoms with E-state index in [-0.39, 0.29) is 5.91 Å². The molecule has 2 aromatic heterocycles. The normalized spacial score (nSPS) is 11.4. The second-order valence-electron chi connectivity index (χ2n) is 6.41. The predicted molar refractivity (Wildman–Crippen MR) is 102 cm³/mol. The molecule has 25 heavy (non-hydrogen) atoms. The highest BCUT2D eigenvalue weighted by molar-refractivity contribution is 7.22. The molecule has 0 saturated heterocycles. The Hall–Kier alpha value is -2.25. The van der Waals surface area contributed by atoms with Crippen molar-refractivity contribution in [1.82, 2.24) is 19.7 Å². The Morgan fingerprint density at radius 3 is 2.64 bits per heavy atom. The lowest BCUT2D eigenvalue weighted by atomic mass is 10.2. The lowest BCUT2D eigenvalue weighted by Gasteiger charge is -2.20. The first kappa shape index (κ1) is 17.6. The van der Waals surface area contributed by atoms with E-state index in [9.17, 15) is 4.79 Å². The molecule has 0 aliphatic rings. The number of fused-ring (bicyclic) bond motifs is 1. The van der Waals surface area contributed by atoms with Crippen LogP contribution in [0.1, 0.15) is 22.5 Å². The van der Waals surface area contributed by atoms with Crippen LogP contribution in [0.4, 0.5) is 5.13 Å². The molecule has 3 rings (SSSR count). The number of carbonyl (C=O) groups is 1. The Balaban J connectivity index is 1.93. The zero-order chi connectivity index (χ0) is 18.0. The maximum Gasteiger partial charge on any atom is 0.280 e. The zero-order valence-corrected chi connectivity index (χ0v) is 15.9. The molecule has 0 atom stereocenters. The van der Waals surface area contributed by atoms with Gasteiger partial charge in [0.1, 0.15) is 0 Å². The average Bonchev–Trinajstić information content (AvgIpc) is 3.13. The molecule has 0 aliphatic carbocycles. The van der Waals surface area contributed by atoms with Gasteiger partial charge < -0.3 is 4.90 Å². The number of hydrogen-bond acceptors (Lipinski definition) is 5. The Kier molecular flexibility index (Phi) is 5.15. The van der Waals surface area contributed by atoms with E-state index < -0.39 is 0 Å². The fourth-order valence-corrected chi connectivity index (χ4v) is 3.74. The minimum Gasteiger partial charge on any atom is -0.309 e. The Labute approximate surface area is 151 Å². The van der Waals surface area contributed by atoms with Crippen LogP contribution in [0.5, 0.6) is 0 Å². The first-order valence-electron chi connectivity index (χ1n) is 8.28. The number of carbonyl (C=O) groups excluding carboxylic acids is 1. The molecule has 0 aliphatic heterocycles. The van der Waals surface area contributed by atoms with E-state index in [0.717, 1.165) is 33.9 Å². The number of amides is 1. The van der Waals surface area contributed by atoms with Crippen LogP contribution in [0.3, 0.4) is 0 Å². The lowest BCUT2D eigenvalue weighted by molar-refractivity contribution is 0.0980. The van der Waals surface area contributed by atoms with Gasteiger partial charge in [0, 0.05) is 25.4 Å². The molecule has 0 spiro atoms. The fraction of sp³-hybridized carbons (Fsp3) is 0.389. The highest BCUT2D eigenvalue weighted by atomic mass is 32.1. The largest absolute Gasteiger partial charge is 0.309 e. The maximum atomic E-state index is 13.1. The van der Waals surface area contributed by atoms with Gasteiger partial charge in [-0.2, -0.15) is 5.10 Å². The SMILES string of the molecule is Cc1cn(C)nc1C(=O)N(CCCN(C)C)c1nc2ccccc2s1. The van der Waals surface area contributed by atoms with Crippen molar-refractivity contribution in [2.75, 3.05) is 32.1 Å². The number of rotatable bonds is 6. The van der Waals surface area contributed by atoms with E-state index in [1.807, 2.05) is 58.5 Å². The molecule has 0 bridgehead atoms. The van der Waals surface area contributed by atoms with Gasteiger partial charge in [0.25, 0.3) is 5.91 Å². The summed E-state index contributed by atoms with van der Waals surface area (Å²) in [6, 6.07) is 7.97. The lowest BCUT2D eigenvalue weighted by Crippen LogP contribution is -2.34. The monoisotopic (exact) mass is 357 g/mol. The van der Waals surface area contributed by atoms with Gasteiger partial charge in [0.2, 0.25) is 0 Å². The van der Waals surface area contributed by atoms with Crippen LogP contribution in [-0.4, -0.2) is 52.8 Å². The number of nitrogens with zero attached hydrogens (tertiary/aromatic N) is 5. The number of anilines is 1. The summed E-state index contributed by atoms with van der Waals surface area (Å²) < 4.78 is 2.76. The van der Waals surface area contributed by atoms with Gasteiger partial charge in [0.15, 0.2) is 10.8 Å². The summed E-state index contributed by atoms with van der Waals surface area (Å²) in [6.45, 7) is 3.44. The van der Waals surface area contributed by atoms with Gasteiger partial charge in [-0.3, -0.25) is 14.4 Å². The number of para-hydroxylation sites is 1. The summed E-state index contributed by atoms with van der Waals surface area (Å²) in [5, 5.41) is 5.08. The van der Waals surface area contributed by atoms with Crippen molar-refractivity contribution < 1.29 is 4.79 Å². The third-order valence-corrected chi connectivity index (χ3v) is 5.02. The van der Waals surface area contributed by atoms with Gasteiger partial charge in [-0.1, -0.05) is 23.5 Å². The summed E-state index contributed by atoms with van der Waals surface area (Å²) >= 11 is 1.55. The van der Waals surface area contributed by atoms with Crippen LogP contribution in [0.25, 0.3) is 10.2 Å². The second-order valence-corrected chi connectivity index (χ2v) is 7.42. The smallest absolute Gasteiger partial charge is 0.280 e. The molecule has 0 N–H and O–H groups in total. The first-order valence-corrected chi connectivity index (χ1v) is 9.10. The molecule has 7 heteroatoms. The molecule has 0 unspecified atom stereocenters. The highest BCUT2D eigenvalue weighted by Crippen LogP contribution is 2.29. The number of hydrogen-bond donors (Lipinski definition) is 0. The maximum absolute atomic E-state index is 13.1. The molecule has 1 aromatic carbocycles. The van der Waals surface area contributed by atoms with Crippen molar-refractivity contribution in [2.24, 2.45) is 7.05 Å². The third kappa shape index (κ3) is 3.88. The molecular formula is C18H23N5OS. The fourth-order valence-electron chi connectivity index (χ4n) is 2.75. The van der Waals surface area contributed by atoms with Crippen molar-refractivity contribution in [3.05, 3.63) is 41.7 Å². The van der Waals surface area contributed by atoms with Crippen LogP contribution in [0.15, 0.2) is 30.5 Å². The summed E-state index contributed by atoms with van der Waals surface area (Å²) in [4.78, 5) is 21.7. The van der Waals surface area contributed by atoms with Crippen molar-refractivity contribution in [1.29, 1.82) is 0 Å². The second kappa shape index (κ2) is 7.33. The standard InChI is InChI=1S/C18H23N5OS/c1-13-12-22(4)20-16(13)17(24)23(11-7-10-21(2)3)18-19-14-8-5-6-9-15(14)25-18/h5-6,8-9,12H,7,10-11H2,1-4H3. The predicted octanol–water partition coefficient (Wildman–Crippen LogP) is 2.94. The van der Waals surface area contributed by atoms with Crippen molar-refractivity contribution in [3.63, 3.8) is 0 Å². The number of benzene rings is 1. The molecule has 1 amide bonds. The summed E-state index contributed by atoms with van der Waals surface area (Å²) in [5.74, 6) is -0.0871. The number of aryl methyl sites for hydroxylation is 2.